The van der Waals surface area contributed by atoms with Crippen LogP contribution in [-0.2, 0) is 0 Å². The van der Waals surface area contributed by atoms with E-state index in [1.165, 1.54) is 51.1 Å². The van der Waals surface area contributed by atoms with Crippen molar-refractivity contribution in [3.63, 3.8) is 0 Å². The summed E-state index contributed by atoms with van der Waals surface area (Å²) in [5, 5.41) is 4.19. The Balaban J connectivity index is 1.87. The molecule has 3 atom stereocenters. The number of piperidine rings is 1. The van der Waals surface area contributed by atoms with E-state index in [9.17, 15) is 0 Å². The Hall–Kier alpha value is 0.270. The highest BCUT2D eigenvalue weighted by atomic mass is 32.2. The second kappa shape index (κ2) is 6.27. The van der Waals surface area contributed by atoms with E-state index in [2.05, 4.69) is 35.9 Å². The summed E-state index contributed by atoms with van der Waals surface area (Å²) in [4.78, 5) is 2.78. The highest BCUT2D eigenvalue weighted by Crippen LogP contribution is 2.31. The summed E-state index contributed by atoms with van der Waals surface area (Å²) in [5.41, 5.74) is 0. The lowest BCUT2D eigenvalue weighted by atomic mass is 9.94. The Kier molecular flexibility index (Phi) is 4.98. The first-order chi connectivity index (χ1) is 7.81. The average Bonchev–Trinajstić information content (AvgIpc) is 2.30. The van der Waals surface area contributed by atoms with Gasteiger partial charge in [-0.05, 0) is 57.5 Å². The Morgan fingerprint density at radius 2 is 2.19 bits per heavy atom. The molecule has 0 radical (unpaired) electrons. The lowest BCUT2D eigenvalue weighted by molar-refractivity contribution is 0.115. The smallest absolute Gasteiger partial charge is 0.0212 e. The Bertz CT molecular complexity index is 208. The maximum absolute atomic E-state index is 3.34. The van der Waals surface area contributed by atoms with Crippen molar-refractivity contribution < 1.29 is 0 Å². The van der Waals surface area contributed by atoms with E-state index >= 15 is 0 Å². The highest BCUT2D eigenvalue weighted by molar-refractivity contribution is 7.99. The minimum atomic E-state index is 0.849. The van der Waals surface area contributed by atoms with Gasteiger partial charge in [0.05, 0.1) is 0 Å². The number of likely N-dealkylation sites (tertiary alicyclic amines) is 1. The third-order valence-corrected chi connectivity index (χ3v) is 5.44. The molecular formula is C13H26N2S. The second-order valence-electron chi connectivity index (χ2n) is 5.35. The molecule has 0 aromatic carbocycles. The second-order valence-corrected chi connectivity index (χ2v) is 6.83. The molecule has 3 unspecified atom stereocenters. The van der Waals surface area contributed by atoms with E-state index < -0.39 is 0 Å². The molecule has 2 aliphatic rings. The fourth-order valence-corrected chi connectivity index (χ4v) is 4.48. The van der Waals surface area contributed by atoms with Crippen LogP contribution in [0.1, 0.15) is 32.6 Å². The summed E-state index contributed by atoms with van der Waals surface area (Å²) in [6.07, 6.45) is 5.68. The number of nitrogens with zero attached hydrogens (tertiary/aromatic N) is 1. The largest absolute Gasteiger partial charge is 0.319 e. The fraction of sp³-hybridized carbons (Fsp3) is 1.00. The van der Waals surface area contributed by atoms with Gasteiger partial charge in [0.2, 0.25) is 0 Å². The molecule has 0 aromatic heterocycles. The van der Waals surface area contributed by atoms with Crippen molar-refractivity contribution in [1.82, 2.24) is 10.2 Å². The van der Waals surface area contributed by atoms with Crippen LogP contribution in [0.25, 0.3) is 0 Å². The summed E-state index contributed by atoms with van der Waals surface area (Å²) < 4.78 is 0. The van der Waals surface area contributed by atoms with Gasteiger partial charge in [-0.15, -0.1) is 0 Å². The minimum Gasteiger partial charge on any atom is -0.319 e. The monoisotopic (exact) mass is 242 g/mol. The van der Waals surface area contributed by atoms with Gasteiger partial charge >= 0.3 is 0 Å². The van der Waals surface area contributed by atoms with Crippen molar-refractivity contribution >= 4 is 11.8 Å². The van der Waals surface area contributed by atoms with E-state index in [0.717, 1.165) is 17.2 Å². The molecule has 94 valence electrons. The van der Waals surface area contributed by atoms with Gasteiger partial charge in [0, 0.05) is 17.8 Å². The van der Waals surface area contributed by atoms with Gasteiger partial charge in [-0.25, -0.2) is 0 Å². The highest BCUT2D eigenvalue weighted by Gasteiger charge is 2.30. The van der Waals surface area contributed by atoms with Crippen LogP contribution in [-0.4, -0.2) is 48.6 Å². The van der Waals surface area contributed by atoms with Crippen LogP contribution in [0.5, 0.6) is 0 Å². The summed E-state index contributed by atoms with van der Waals surface area (Å²) >= 11 is 2.18. The molecule has 2 nitrogen and oxygen atoms in total. The van der Waals surface area contributed by atoms with Crippen molar-refractivity contribution in [1.29, 1.82) is 0 Å². The number of thioether (sulfide) groups is 1. The van der Waals surface area contributed by atoms with E-state index in [1.54, 1.807) is 0 Å². The first-order valence-corrected chi connectivity index (χ1v) is 7.86. The summed E-state index contributed by atoms with van der Waals surface area (Å²) in [7, 11) is 2.08. The molecule has 2 heterocycles. The van der Waals surface area contributed by atoms with E-state index in [4.69, 9.17) is 0 Å². The predicted molar refractivity (Wildman–Crippen MR) is 73.2 cm³/mol. The van der Waals surface area contributed by atoms with E-state index in [-0.39, 0.29) is 0 Å². The molecule has 0 spiro atoms. The number of hydrogen-bond donors (Lipinski definition) is 1. The van der Waals surface area contributed by atoms with Crippen molar-refractivity contribution in [2.45, 2.75) is 43.9 Å². The van der Waals surface area contributed by atoms with Crippen molar-refractivity contribution in [3.05, 3.63) is 0 Å². The first-order valence-electron chi connectivity index (χ1n) is 6.81. The molecular weight excluding hydrogens is 216 g/mol. The van der Waals surface area contributed by atoms with E-state index in [1.807, 2.05) is 0 Å². The topological polar surface area (TPSA) is 15.3 Å². The Labute approximate surface area is 105 Å². The molecule has 0 saturated carbocycles. The molecule has 0 amide bonds. The first kappa shape index (κ1) is 12.7. The zero-order chi connectivity index (χ0) is 11.4. The number of hydrogen-bond acceptors (Lipinski definition) is 3. The third-order valence-electron chi connectivity index (χ3n) is 4.08. The standard InChI is InChI=1S/C13H26N2S/c1-11-13(6-4-8-16-11)15-7-3-5-12(10-15)9-14-2/h11-14H,3-10H2,1-2H3. The van der Waals surface area contributed by atoms with Gasteiger partial charge in [-0.1, -0.05) is 6.92 Å². The lowest BCUT2D eigenvalue weighted by Crippen LogP contribution is -2.49. The van der Waals surface area contributed by atoms with Crippen LogP contribution in [0.3, 0.4) is 0 Å². The van der Waals surface area contributed by atoms with E-state index in [0.29, 0.717) is 0 Å². The van der Waals surface area contributed by atoms with Crippen LogP contribution in [0.2, 0.25) is 0 Å². The van der Waals surface area contributed by atoms with Crippen molar-refractivity contribution in [2.75, 3.05) is 32.4 Å². The molecule has 1 N–H and O–H groups in total. The molecule has 2 fully saturated rings. The molecule has 0 bridgehead atoms. The van der Waals surface area contributed by atoms with Gasteiger partial charge in [-0.2, -0.15) is 11.8 Å². The predicted octanol–water partition coefficient (Wildman–Crippen LogP) is 2.20. The third kappa shape index (κ3) is 3.14. The fourth-order valence-electron chi connectivity index (χ4n) is 3.24. The normalized spacial score (nSPS) is 37.5. The summed E-state index contributed by atoms with van der Waals surface area (Å²) in [6, 6.07) is 0.860. The Morgan fingerprint density at radius 3 is 2.94 bits per heavy atom. The maximum Gasteiger partial charge on any atom is 0.0212 e. The molecule has 2 aliphatic heterocycles. The summed E-state index contributed by atoms with van der Waals surface area (Å²) in [6.45, 7) is 6.30. The minimum absolute atomic E-state index is 0.849. The van der Waals surface area contributed by atoms with Crippen molar-refractivity contribution in [3.8, 4) is 0 Å². The van der Waals surface area contributed by atoms with Gasteiger partial charge in [0.25, 0.3) is 0 Å². The van der Waals surface area contributed by atoms with Crippen LogP contribution in [0.4, 0.5) is 0 Å². The van der Waals surface area contributed by atoms with Gasteiger partial charge in [-0.3, -0.25) is 4.90 Å². The number of rotatable bonds is 3. The molecule has 16 heavy (non-hydrogen) atoms. The quantitative estimate of drug-likeness (QED) is 0.817. The Morgan fingerprint density at radius 1 is 1.31 bits per heavy atom. The lowest BCUT2D eigenvalue weighted by Gasteiger charge is -2.42. The van der Waals surface area contributed by atoms with Crippen molar-refractivity contribution in [2.24, 2.45) is 5.92 Å². The van der Waals surface area contributed by atoms with Gasteiger partial charge in [0.1, 0.15) is 0 Å². The zero-order valence-corrected chi connectivity index (χ0v) is 11.6. The van der Waals surface area contributed by atoms with Gasteiger partial charge in [0.15, 0.2) is 0 Å². The molecule has 2 rings (SSSR count). The number of nitrogens with one attached hydrogen (secondary N) is 1. The van der Waals surface area contributed by atoms with Crippen LogP contribution in [0, 0.1) is 5.92 Å². The molecule has 0 aromatic rings. The molecule has 2 saturated heterocycles. The van der Waals surface area contributed by atoms with Crippen LogP contribution < -0.4 is 5.32 Å². The summed E-state index contributed by atoms with van der Waals surface area (Å²) in [5.74, 6) is 2.27. The maximum atomic E-state index is 3.34. The zero-order valence-electron chi connectivity index (χ0n) is 10.7. The molecule has 3 heteroatoms. The SMILES string of the molecule is CNCC1CCCN(C2CCCSC2C)C1. The molecule has 0 aliphatic carbocycles. The average molecular weight is 242 g/mol. The van der Waals surface area contributed by atoms with Crippen LogP contribution >= 0.6 is 11.8 Å². The van der Waals surface area contributed by atoms with Crippen LogP contribution in [0.15, 0.2) is 0 Å². The van der Waals surface area contributed by atoms with Gasteiger partial charge < -0.3 is 5.32 Å².